The highest BCUT2D eigenvalue weighted by atomic mass is 32.1. The minimum Gasteiger partial charge on any atom is -0.302 e. The van der Waals surface area contributed by atoms with Crippen LogP contribution in [0.3, 0.4) is 0 Å². The van der Waals surface area contributed by atoms with Crippen LogP contribution in [0.5, 0.6) is 0 Å². The van der Waals surface area contributed by atoms with Crippen LogP contribution < -0.4 is 5.32 Å². The van der Waals surface area contributed by atoms with E-state index in [9.17, 15) is 0 Å². The first kappa shape index (κ1) is 13.2. The predicted molar refractivity (Wildman–Crippen MR) is 75.9 cm³/mol. The average molecular weight is 261 g/mol. The molecule has 0 spiro atoms. The van der Waals surface area contributed by atoms with E-state index in [1.54, 1.807) is 11.3 Å². The van der Waals surface area contributed by atoms with Crippen molar-refractivity contribution in [2.45, 2.75) is 39.8 Å². The number of aromatic nitrogens is 2. The van der Waals surface area contributed by atoms with E-state index in [-0.39, 0.29) is 6.04 Å². The molecule has 0 aliphatic rings. The second-order valence-corrected chi connectivity index (χ2v) is 5.70. The fraction of sp³-hybridized carbons (Fsp3) is 0.429. The Labute approximate surface area is 112 Å². The molecule has 2 heterocycles. The molecule has 0 saturated heterocycles. The van der Waals surface area contributed by atoms with Crippen LogP contribution in [0.25, 0.3) is 0 Å². The van der Waals surface area contributed by atoms with Crippen LogP contribution in [0.15, 0.2) is 23.8 Å². The summed E-state index contributed by atoms with van der Waals surface area (Å²) in [5, 5.41) is 6.78. The zero-order chi connectivity index (χ0) is 13.1. The molecule has 0 aliphatic heterocycles. The molecular formula is C14H19N3S. The molecule has 2 aromatic rings. The second kappa shape index (κ2) is 5.59. The zero-order valence-electron chi connectivity index (χ0n) is 11.3. The van der Waals surface area contributed by atoms with Crippen molar-refractivity contribution < 1.29 is 0 Å². The van der Waals surface area contributed by atoms with Gasteiger partial charge in [-0.05, 0) is 44.9 Å². The van der Waals surface area contributed by atoms with Gasteiger partial charge in [0.15, 0.2) is 0 Å². The minimum absolute atomic E-state index is 0.136. The first-order valence-electron chi connectivity index (χ1n) is 6.16. The van der Waals surface area contributed by atoms with Gasteiger partial charge in [0, 0.05) is 29.5 Å². The largest absolute Gasteiger partial charge is 0.302 e. The summed E-state index contributed by atoms with van der Waals surface area (Å²) in [5.41, 5.74) is 3.53. The normalized spacial score (nSPS) is 12.9. The van der Waals surface area contributed by atoms with Crippen molar-refractivity contribution in [3.8, 4) is 0 Å². The van der Waals surface area contributed by atoms with Crippen molar-refractivity contribution in [3.63, 3.8) is 0 Å². The van der Waals surface area contributed by atoms with E-state index in [4.69, 9.17) is 0 Å². The molecule has 0 aliphatic carbocycles. The van der Waals surface area contributed by atoms with E-state index in [0.717, 1.165) is 10.7 Å². The lowest BCUT2D eigenvalue weighted by Gasteiger charge is -2.21. The molecule has 0 fully saturated rings. The summed E-state index contributed by atoms with van der Waals surface area (Å²) in [4.78, 5) is 8.85. The standard InChI is InChI=1S/C14H19N3S/c1-9(2)16-13(14-17-11(4)8-18-14)12-7-15-6-5-10(12)3/h5-9,13,16H,1-4H3. The van der Waals surface area contributed by atoms with Gasteiger partial charge in [-0.3, -0.25) is 4.98 Å². The third-order valence-electron chi connectivity index (χ3n) is 2.77. The number of hydrogen-bond donors (Lipinski definition) is 1. The van der Waals surface area contributed by atoms with Crippen LogP contribution in [-0.4, -0.2) is 16.0 Å². The van der Waals surface area contributed by atoms with Crippen LogP contribution >= 0.6 is 11.3 Å². The number of aryl methyl sites for hydroxylation is 2. The Morgan fingerprint density at radius 3 is 2.61 bits per heavy atom. The molecule has 0 amide bonds. The van der Waals surface area contributed by atoms with Crippen LogP contribution in [0.2, 0.25) is 0 Å². The van der Waals surface area contributed by atoms with Gasteiger partial charge < -0.3 is 5.32 Å². The molecule has 1 N–H and O–H groups in total. The third-order valence-corrected chi connectivity index (χ3v) is 3.80. The van der Waals surface area contributed by atoms with Crippen molar-refractivity contribution in [1.82, 2.24) is 15.3 Å². The molecule has 0 saturated carbocycles. The van der Waals surface area contributed by atoms with Gasteiger partial charge in [-0.25, -0.2) is 4.98 Å². The average Bonchev–Trinajstić information content (AvgIpc) is 2.73. The fourth-order valence-electron chi connectivity index (χ4n) is 1.91. The molecular weight excluding hydrogens is 242 g/mol. The summed E-state index contributed by atoms with van der Waals surface area (Å²) in [6.07, 6.45) is 3.77. The van der Waals surface area contributed by atoms with E-state index >= 15 is 0 Å². The van der Waals surface area contributed by atoms with Gasteiger partial charge in [0.25, 0.3) is 0 Å². The zero-order valence-corrected chi connectivity index (χ0v) is 12.1. The van der Waals surface area contributed by atoms with Gasteiger partial charge in [-0.2, -0.15) is 0 Å². The van der Waals surface area contributed by atoms with E-state index < -0.39 is 0 Å². The summed E-state index contributed by atoms with van der Waals surface area (Å²) in [7, 11) is 0. The maximum Gasteiger partial charge on any atom is 0.114 e. The Morgan fingerprint density at radius 1 is 1.28 bits per heavy atom. The maximum absolute atomic E-state index is 4.61. The lowest BCUT2D eigenvalue weighted by atomic mass is 10.0. The highest BCUT2D eigenvalue weighted by molar-refractivity contribution is 7.09. The van der Waals surface area contributed by atoms with Gasteiger partial charge in [-0.15, -0.1) is 11.3 Å². The van der Waals surface area contributed by atoms with E-state index in [1.807, 2.05) is 25.4 Å². The van der Waals surface area contributed by atoms with Gasteiger partial charge in [0.2, 0.25) is 0 Å². The summed E-state index contributed by atoms with van der Waals surface area (Å²) in [6, 6.07) is 2.58. The Balaban J connectivity index is 2.40. The molecule has 0 aromatic carbocycles. The predicted octanol–water partition coefficient (Wildman–Crippen LogP) is 3.24. The van der Waals surface area contributed by atoms with Crippen molar-refractivity contribution in [1.29, 1.82) is 0 Å². The third kappa shape index (κ3) is 2.94. The Kier molecular flexibility index (Phi) is 4.09. The molecule has 2 rings (SSSR count). The Hall–Kier alpha value is -1.26. The minimum atomic E-state index is 0.136. The topological polar surface area (TPSA) is 37.8 Å². The number of pyridine rings is 1. The maximum atomic E-state index is 4.61. The molecule has 4 heteroatoms. The van der Waals surface area contributed by atoms with Crippen LogP contribution in [0.1, 0.15) is 41.7 Å². The second-order valence-electron chi connectivity index (χ2n) is 4.81. The van der Waals surface area contributed by atoms with Gasteiger partial charge in [0.1, 0.15) is 5.01 Å². The molecule has 0 radical (unpaired) electrons. The van der Waals surface area contributed by atoms with Crippen molar-refractivity contribution >= 4 is 11.3 Å². The van der Waals surface area contributed by atoms with Gasteiger partial charge >= 0.3 is 0 Å². The Morgan fingerprint density at radius 2 is 2.06 bits per heavy atom. The summed E-state index contributed by atoms with van der Waals surface area (Å²) in [6.45, 7) is 8.45. The molecule has 1 atom stereocenters. The summed E-state index contributed by atoms with van der Waals surface area (Å²) >= 11 is 1.70. The fourth-order valence-corrected chi connectivity index (χ4v) is 2.78. The van der Waals surface area contributed by atoms with Gasteiger partial charge in [-0.1, -0.05) is 0 Å². The first-order valence-corrected chi connectivity index (χ1v) is 7.04. The lowest BCUT2D eigenvalue weighted by Crippen LogP contribution is -2.29. The molecule has 2 aromatic heterocycles. The summed E-state index contributed by atoms with van der Waals surface area (Å²) < 4.78 is 0. The van der Waals surface area contributed by atoms with Crippen LogP contribution in [0.4, 0.5) is 0 Å². The number of nitrogens with one attached hydrogen (secondary N) is 1. The molecule has 3 nitrogen and oxygen atoms in total. The first-order chi connectivity index (χ1) is 8.58. The molecule has 18 heavy (non-hydrogen) atoms. The number of nitrogens with zero attached hydrogens (tertiary/aromatic N) is 2. The van der Waals surface area contributed by atoms with Gasteiger partial charge in [0.05, 0.1) is 6.04 Å². The Bertz CT molecular complexity index is 519. The van der Waals surface area contributed by atoms with E-state index in [0.29, 0.717) is 6.04 Å². The highest BCUT2D eigenvalue weighted by Gasteiger charge is 2.19. The van der Waals surface area contributed by atoms with E-state index in [2.05, 4.69) is 41.4 Å². The van der Waals surface area contributed by atoms with Crippen molar-refractivity contribution in [3.05, 3.63) is 45.7 Å². The highest BCUT2D eigenvalue weighted by Crippen LogP contribution is 2.27. The number of rotatable bonds is 4. The SMILES string of the molecule is Cc1csc(C(NC(C)C)c2cnccc2C)n1. The lowest BCUT2D eigenvalue weighted by molar-refractivity contribution is 0.524. The monoisotopic (exact) mass is 261 g/mol. The van der Waals surface area contributed by atoms with Crippen molar-refractivity contribution in [2.24, 2.45) is 0 Å². The quantitative estimate of drug-likeness (QED) is 0.918. The van der Waals surface area contributed by atoms with Crippen LogP contribution in [-0.2, 0) is 0 Å². The number of thiazole rings is 1. The van der Waals surface area contributed by atoms with E-state index in [1.165, 1.54) is 11.1 Å². The number of hydrogen-bond acceptors (Lipinski definition) is 4. The molecule has 0 bridgehead atoms. The smallest absolute Gasteiger partial charge is 0.114 e. The molecule has 96 valence electrons. The summed E-state index contributed by atoms with van der Waals surface area (Å²) in [5.74, 6) is 0. The van der Waals surface area contributed by atoms with Crippen LogP contribution in [0, 0.1) is 13.8 Å². The van der Waals surface area contributed by atoms with Crippen molar-refractivity contribution in [2.75, 3.05) is 0 Å². The molecule has 1 unspecified atom stereocenters.